The molecule has 5 nitrogen and oxygen atoms in total. The van der Waals surface area contributed by atoms with Crippen LogP contribution in [0.2, 0.25) is 0 Å². The van der Waals surface area contributed by atoms with Gasteiger partial charge in [0.15, 0.2) is 5.13 Å². The number of rotatable bonds is 6. The SMILES string of the molecule is CC(C)CCOc1ccc(C(=O)N2CCN(c3nccs3)CC2)cc1. The van der Waals surface area contributed by atoms with E-state index >= 15 is 0 Å². The molecule has 1 saturated heterocycles. The van der Waals surface area contributed by atoms with Crippen molar-refractivity contribution >= 4 is 22.4 Å². The molecule has 1 aliphatic rings. The number of nitrogens with zero attached hydrogens (tertiary/aromatic N) is 3. The predicted octanol–water partition coefficient (Wildman–Crippen LogP) is 3.53. The highest BCUT2D eigenvalue weighted by Gasteiger charge is 2.23. The number of hydrogen-bond acceptors (Lipinski definition) is 5. The van der Waals surface area contributed by atoms with Crippen LogP contribution in [0.25, 0.3) is 0 Å². The fraction of sp³-hybridized carbons (Fsp3) is 0.474. The van der Waals surface area contributed by atoms with Crippen LogP contribution in [0.5, 0.6) is 5.75 Å². The minimum absolute atomic E-state index is 0.0903. The van der Waals surface area contributed by atoms with E-state index in [9.17, 15) is 4.79 Å². The lowest BCUT2D eigenvalue weighted by atomic mass is 10.1. The van der Waals surface area contributed by atoms with Gasteiger partial charge in [-0.3, -0.25) is 4.79 Å². The van der Waals surface area contributed by atoms with E-state index in [2.05, 4.69) is 23.7 Å². The van der Waals surface area contributed by atoms with Crippen molar-refractivity contribution in [3.63, 3.8) is 0 Å². The van der Waals surface area contributed by atoms with E-state index < -0.39 is 0 Å². The molecule has 1 aliphatic heterocycles. The van der Waals surface area contributed by atoms with Crippen molar-refractivity contribution < 1.29 is 9.53 Å². The summed E-state index contributed by atoms with van der Waals surface area (Å²) in [5.74, 6) is 1.54. The minimum Gasteiger partial charge on any atom is -0.494 e. The first kappa shape index (κ1) is 17.7. The van der Waals surface area contributed by atoms with E-state index in [4.69, 9.17) is 4.74 Å². The van der Waals surface area contributed by atoms with Gasteiger partial charge in [-0.05, 0) is 36.6 Å². The summed E-state index contributed by atoms with van der Waals surface area (Å²) >= 11 is 1.64. The van der Waals surface area contributed by atoms with Crippen LogP contribution in [0.4, 0.5) is 5.13 Å². The standard InChI is InChI=1S/C19H25N3O2S/c1-15(2)7-13-24-17-5-3-16(4-6-17)18(23)21-9-11-22(12-10-21)19-20-8-14-25-19/h3-6,8,14-15H,7,9-13H2,1-2H3. The number of piperazine rings is 1. The van der Waals surface area contributed by atoms with Crippen molar-refractivity contribution in [3.05, 3.63) is 41.4 Å². The molecule has 1 aromatic carbocycles. The molecule has 1 fully saturated rings. The topological polar surface area (TPSA) is 45.7 Å². The number of amides is 1. The number of ether oxygens (including phenoxy) is 1. The Hall–Kier alpha value is -2.08. The number of carbonyl (C=O) groups is 1. The number of thiazole rings is 1. The lowest BCUT2D eigenvalue weighted by Gasteiger charge is -2.34. The summed E-state index contributed by atoms with van der Waals surface area (Å²) in [5, 5.41) is 3.02. The summed E-state index contributed by atoms with van der Waals surface area (Å²) in [6.45, 7) is 8.18. The largest absolute Gasteiger partial charge is 0.494 e. The third-order valence-corrected chi connectivity index (χ3v) is 5.15. The van der Waals surface area contributed by atoms with Crippen molar-refractivity contribution in [1.29, 1.82) is 0 Å². The molecule has 1 aromatic heterocycles. The van der Waals surface area contributed by atoms with Gasteiger partial charge >= 0.3 is 0 Å². The lowest BCUT2D eigenvalue weighted by molar-refractivity contribution is 0.0746. The van der Waals surface area contributed by atoms with E-state index in [0.29, 0.717) is 12.5 Å². The fourth-order valence-corrected chi connectivity index (χ4v) is 3.46. The van der Waals surface area contributed by atoms with Gasteiger partial charge in [-0.15, -0.1) is 11.3 Å². The zero-order chi connectivity index (χ0) is 17.6. The van der Waals surface area contributed by atoms with Crippen LogP contribution in [0.3, 0.4) is 0 Å². The van der Waals surface area contributed by atoms with Gasteiger partial charge in [0.2, 0.25) is 0 Å². The summed E-state index contributed by atoms with van der Waals surface area (Å²) in [5.41, 5.74) is 0.721. The molecule has 0 bridgehead atoms. The summed E-state index contributed by atoms with van der Waals surface area (Å²) in [6, 6.07) is 7.50. The monoisotopic (exact) mass is 359 g/mol. The predicted molar refractivity (Wildman–Crippen MR) is 102 cm³/mol. The first-order valence-electron chi connectivity index (χ1n) is 8.80. The Balaban J connectivity index is 1.51. The highest BCUT2D eigenvalue weighted by molar-refractivity contribution is 7.13. The van der Waals surface area contributed by atoms with Crippen LogP contribution in [0, 0.1) is 5.92 Å². The number of benzene rings is 1. The molecule has 1 amide bonds. The van der Waals surface area contributed by atoms with Crippen LogP contribution in [-0.2, 0) is 0 Å². The number of hydrogen-bond donors (Lipinski definition) is 0. The number of carbonyl (C=O) groups excluding carboxylic acids is 1. The number of anilines is 1. The van der Waals surface area contributed by atoms with Gasteiger partial charge in [0, 0.05) is 43.3 Å². The van der Waals surface area contributed by atoms with Crippen LogP contribution in [0.1, 0.15) is 30.6 Å². The first-order chi connectivity index (χ1) is 12.1. The maximum atomic E-state index is 12.7. The van der Waals surface area contributed by atoms with Gasteiger partial charge in [0.1, 0.15) is 5.75 Å². The van der Waals surface area contributed by atoms with Gasteiger partial charge in [0.05, 0.1) is 6.61 Å². The maximum absolute atomic E-state index is 12.7. The Morgan fingerprint density at radius 3 is 2.52 bits per heavy atom. The molecular weight excluding hydrogens is 334 g/mol. The molecule has 6 heteroatoms. The molecule has 0 radical (unpaired) electrons. The van der Waals surface area contributed by atoms with Crippen molar-refractivity contribution in [2.24, 2.45) is 5.92 Å². The molecule has 0 unspecified atom stereocenters. The normalized spacial score (nSPS) is 14.8. The highest BCUT2D eigenvalue weighted by Crippen LogP contribution is 2.20. The minimum atomic E-state index is 0.0903. The van der Waals surface area contributed by atoms with Crippen LogP contribution in [-0.4, -0.2) is 48.6 Å². The zero-order valence-electron chi connectivity index (χ0n) is 14.9. The second kappa shape index (κ2) is 8.34. The Morgan fingerprint density at radius 1 is 1.20 bits per heavy atom. The molecule has 0 saturated carbocycles. The molecular formula is C19H25N3O2S. The van der Waals surface area contributed by atoms with Crippen molar-refractivity contribution in [1.82, 2.24) is 9.88 Å². The molecule has 2 aromatic rings. The number of aromatic nitrogens is 1. The van der Waals surface area contributed by atoms with Gasteiger partial charge in [-0.2, -0.15) is 0 Å². The molecule has 0 spiro atoms. The van der Waals surface area contributed by atoms with Gasteiger partial charge < -0.3 is 14.5 Å². The van der Waals surface area contributed by atoms with E-state index in [1.54, 1.807) is 11.3 Å². The summed E-state index contributed by atoms with van der Waals surface area (Å²) in [6.07, 6.45) is 2.85. The van der Waals surface area contributed by atoms with E-state index in [0.717, 1.165) is 49.0 Å². The molecule has 0 aliphatic carbocycles. The maximum Gasteiger partial charge on any atom is 0.253 e. The highest BCUT2D eigenvalue weighted by atomic mass is 32.1. The zero-order valence-corrected chi connectivity index (χ0v) is 15.7. The summed E-state index contributed by atoms with van der Waals surface area (Å²) in [7, 11) is 0. The van der Waals surface area contributed by atoms with E-state index in [1.807, 2.05) is 40.7 Å². The smallest absolute Gasteiger partial charge is 0.253 e. The third kappa shape index (κ3) is 4.72. The molecule has 0 N–H and O–H groups in total. The van der Waals surface area contributed by atoms with Crippen molar-refractivity contribution in [2.75, 3.05) is 37.7 Å². The summed E-state index contributed by atoms with van der Waals surface area (Å²) < 4.78 is 5.72. The summed E-state index contributed by atoms with van der Waals surface area (Å²) in [4.78, 5) is 21.2. The Kier molecular flexibility index (Phi) is 5.91. The molecule has 25 heavy (non-hydrogen) atoms. The average Bonchev–Trinajstić information content (AvgIpc) is 3.16. The van der Waals surface area contributed by atoms with Gasteiger partial charge in [-0.25, -0.2) is 4.98 Å². The second-order valence-corrected chi connectivity index (χ2v) is 7.52. The van der Waals surface area contributed by atoms with Crippen molar-refractivity contribution in [2.45, 2.75) is 20.3 Å². The van der Waals surface area contributed by atoms with E-state index in [1.165, 1.54) is 0 Å². The van der Waals surface area contributed by atoms with Crippen LogP contribution in [0.15, 0.2) is 35.8 Å². The Labute approximate surface area is 153 Å². The molecule has 3 rings (SSSR count). The van der Waals surface area contributed by atoms with Crippen LogP contribution >= 0.6 is 11.3 Å². The third-order valence-electron chi connectivity index (χ3n) is 4.32. The van der Waals surface area contributed by atoms with Crippen molar-refractivity contribution in [3.8, 4) is 5.75 Å². The Morgan fingerprint density at radius 2 is 1.92 bits per heavy atom. The quantitative estimate of drug-likeness (QED) is 0.791. The van der Waals surface area contributed by atoms with E-state index in [-0.39, 0.29) is 5.91 Å². The average molecular weight is 359 g/mol. The first-order valence-corrected chi connectivity index (χ1v) is 9.68. The van der Waals surface area contributed by atoms with Gasteiger partial charge in [-0.1, -0.05) is 13.8 Å². The Bertz CT molecular complexity index is 662. The molecule has 2 heterocycles. The second-order valence-electron chi connectivity index (χ2n) is 6.65. The fourth-order valence-electron chi connectivity index (χ4n) is 2.76. The molecule has 134 valence electrons. The molecule has 0 atom stereocenters. The van der Waals surface area contributed by atoms with Crippen LogP contribution < -0.4 is 9.64 Å². The van der Waals surface area contributed by atoms with Gasteiger partial charge in [0.25, 0.3) is 5.91 Å². The lowest BCUT2D eigenvalue weighted by Crippen LogP contribution is -2.48.